The van der Waals surface area contributed by atoms with Crippen molar-refractivity contribution in [3.63, 3.8) is 0 Å². The van der Waals surface area contributed by atoms with Crippen LogP contribution in [0.15, 0.2) is 42.9 Å². The highest BCUT2D eigenvalue weighted by atomic mass is 16.4. The first-order valence-electron chi connectivity index (χ1n) is 8.49. The Morgan fingerprint density at radius 1 is 1.20 bits per heavy atom. The molecule has 1 aliphatic heterocycles. The minimum absolute atomic E-state index is 0.137. The molecule has 2 heterocycles. The van der Waals surface area contributed by atoms with Gasteiger partial charge in [-0.1, -0.05) is 12.1 Å². The number of amides is 1. The summed E-state index contributed by atoms with van der Waals surface area (Å²) in [6.07, 6.45) is 7.96. The first-order valence-corrected chi connectivity index (χ1v) is 8.49. The van der Waals surface area contributed by atoms with Crippen LogP contribution in [0.2, 0.25) is 0 Å². The molecule has 1 N–H and O–H groups in total. The molecule has 0 unspecified atom stereocenters. The molecular formula is C19H21N3O3. The van der Waals surface area contributed by atoms with Crippen LogP contribution >= 0.6 is 0 Å². The molecule has 130 valence electrons. The van der Waals surface area contributed by atoms with Crippen LogP contribution in [0.5, 0.6) is 0 Å². The van der Waals surface area contributed by atoms with Crippen molar-refractivity contribution >= 4 is 11.9 Å². The second kappa shape index (κ2) is 7.88. The Hall–Kier alpha value is -2.76. The third-order valence-corrected chi connectivity index (χ3v) is 4.61. The first kappa shape index (κ1) is 17.1. The highest BCUT2D eigenvalue weighted by molar-refractivity contribution is 5.87. The number of aromatic nitrogens is 2. The summed E-state index contributed by atoms with van der Waals surface area (Å²) in [7, 11) is 0. The lowest BCUT2D eigenvalue weighted by Crippen LogP contribution is -2.39. The summed E-state index contributed by atoms with van der Waals surface area (Å²) < 4.78 is 0. The minimum atomic E-state index is -0.920. The fraction of sp³-hybridized carbons (Fsp3) is 0.368. The van der Waals surface area contributed by atoms with Gasteiger partial charge < -0.3 is 10.0 Å². The predicted molar refractivity (Wildman–Crippen MR) is 92.3 cm³/mol. The molecule has 0 spiro atoms. The van der Waals surface area contributed by atoms with Crippen molar-refractivity contribution in [2.45, 2.75) is 31.6 Å². The average Bonchev–Trinajstić information content (AvgIpc) is 2.67. The molecule has 2 aromatic rings. The van der Waals surface area contributed by atoms with E-state index in [-0.39, 0.29) is 17.4 Å². The molecule has 25 heavy (non-hydrogen) atoms. The van der Waals surface area contributed by atoms with Gasteiger partial charge in [0.05, 0.1) is 11.3 Å². The maximum atomic E-state index is 12.5. The van der Waals surface area contributed by atoms with Crippen molar-refractivity contribution in [1.29, 1.82) is 0 Å². The number of hydrogen-bond donors (Lipinski definition) is 1. The van der Waals surface area contributed by atoms with Gasteiger partial charge in [0.2, 0.25) is 5.91 Å². The summed E-state index contributed by atoms with van der Waals surface area (Å²) in [4.78, 5) is 33.6. The second-order valence-electron chi connectivity index (χ2n) is 6.30. The molecule has 1 saturated heterocycles. The number of nitrogens with zero attached hydrogens (tertiary/aromatic N) is 3. The zero-order valence-electron chi connectivity index (χ0n) is 14.0. The number of benzene rings is 1. The number of carbonyl (C=O) groups is 2. The molecule has 3 rings (SSSR count). The lowest BCUT2D eigenvalue weighted by molar-refractivity contribution is -0.132. The summed E-state index contributed by atoms with van der Waals surface area (Å²) >= 11 is 0. The summed E-state index contributed by atoms with van der Waals surface area (Å²) in [6.45, 7) is 1.47. The summed E-state index contributed by atoms with van der Waals surface area (Å²) in [5.41, 5.74) is 2.21. The zero-order valence-corrected chi connectivity index (χ0v) is 14.0. The van der Waals surface area contributed by atoms with E-state index in [1.54, 1.807) is 30.7 Å². The Morgan fingerprint density at radius 2 is 2.00 bits per heavy atom. The molecule has 1 aromatic carbocycles. The number of rotatable bonds is 5. The number of aromatic carboxylic acids is 1. The van der Waals surface area contributed by atoms with Crippen molar-refractivity contribution in [2.75, 3.05) is 13.1 Å². The number of carboxylic acids is 1. The molecule has 1 amide bonds. The number of hydrogen-bond acceptors (Lipinski definition) is 4. The normalized spacial score (nSPS) is 17.3. The van der Waals surface area contributed by atoms with Crippen molar-refractivity contribution in [3.8, 4) is 0 Å². The van der Waals surface area contributed by atoms with E-state index in [0.717, 1.165) is 30.6 Å². The minimum Gasteiger partial charge on any atom is -0.478 e. The number of carboxylic acid groups (broad SMARTS) is 1. The van der Waals surface area contributed by atoms with Crippen LogP contribution in [-0.4, -0.2) is 44.9 Å². The smallest absolute Gasteiger partial charge is 0.335 e. The number of carbonyl (C=O) groups excluding carboxylic acids is 1. The molecule has 0 radical (unpaired) electrons. The van der Waals surface area contributed by atoms with Crippen LogP contribution in [0.4, 0.5) is 0 Å². The number of aryl methyl sites for hydroxylation is 1. The Kier molecular flexibility index (Phi) is 5.38. The van der Waals surface area contributed by atoms with Gasteiger partial charge in [-0.3, -0.25) is 14.8 Å². The third-order valence-electron chi connectivity index (χ3n) is 4.61. The van der Waals surface area contributed by atoms with Crippen molar-refractivity contribution in [3.05, 3.63) is 59.7 Å². The van der Waals surface area contributed by atoms with Crippen LogP contribution in [-0.2, 0) is 11.2 Å². The monoisotopic (exact) mass is 339 g/mol. The molecule has 6 nitrogen and oxygen atoms in total. The van der Waals surface area contributed by atoms with E-state index >= 15 is 0 Å². The van der Waals surface area contributed by atoms with E-state index in [0.29, 0.717) is 19.4 Å². The van der Waals surface area contributed by atoms with E-state index < -0.39 is 5.97 Å². The van der Waals surface area contributed by atoms with Crippen molar-refractivity contribution in [1.82, 2.24) is 14.9 Å². The molecule has 0 saturated carbocycles. The van der Waals surface area contributed by atoms with Crippen LogP contribution < -0.4 is 0 Å². The molecule has 0 aliphatic carbocycles. The summed E-state index contributed by atoms with van der Waals surface area (Å²) in [5, 5.41) is 8.99. The Balaban J connectivity index is 1.58. The largest absolute Gasteiger partial charge is 0.478 e. The molecular weight excluding hydrogens is 318 g/mol. The molecule has 1 aromatic heterocycles. The van der Waals surface area contributed by atoms with Gasteiger partial charge in [0.25, 0.3) is 0 Å². The molecule has 1 aliphatic rings. The molecule has 1 fully saturated rings. The lowest BCUT2D eigenvalue weighted by Gasteiger charge is -2.33. The van der Waals surface area contributed by atoms with E-state index in [4.69, 9.17) is 5.11 Å². The fourth-order valence-electron chi connectivity index (χ4n) is 3.23. The van der Waals surface area contributed by atoms with Gasteiger partial charge in [-0.15, -0.1) is 0 Å². The predicted octanol–water partition coefficient (Wildman–Crippen LogP) is 2.51. The van der Waals surface area contributed by atoms with Gasteiger partial charge in [0.15, 0.2) is 0 Å². The Labute approximate surface area is 146 Å². The third kappa shape index (κ3) is 4.41. The van der Waals surface area contributed by atoms with Crippen molar-refractivity contribution < 1.29 is 14.7 Å². The maximum absolute atomic E-state index is 12.5. The number of piperidine rings is 1. The molecule has 0 bridgehead atoms. The molecule has 6 heteroatoms. The van der Waals surface area contributed by atoms with Gasteiger partial charge >= 0.3 is 5.97 Å². The zero-order chi connectivity index (χ0) is 17.6. The number of likely N-dealkylation sites (tertiary alicyclic amines) is 1. The van der Waals surface area contributed by atoms with E-state index in [1.807, 2.05) is 17.0 Å². The highest BCUT2D eigenvalue weighted by Crippen LogP contribution is 2.27. The standard InChI is InChI=1S/C19H21N3O3/c23-18(8-7-17-12-20-9-10-21-17)22-11-1-2-16(13-22)14-3-5-15(6-4-14)19(24)25/h3-6,9-10,12,16H,1-2,7-8,11,13H2,(H,24,25)/t16-/m1/s1. The topological polar surface area (TPSA) is 83.4 Å². The maximum Gasteiger partial charge on any atom is 0.335 e. The highest BCUT2D eigenvalue weighted by Gasteiger charge is 2.24. The van der Waals surface area contributed by atoms with E-state index in [2.05, 4.69) is 9.97 Å². The fourth-order valence-corrected chi connectivity index (χ4v) is 3.23. The van der Waals surface area contributed by atoms with Gasteiger partial charge in [0.1, 0.15) is 0 Å². The first-order chi connectivity index (χ1) is 12.1. The average molecular weight is 339 g/mol. The second-order valence-corrected chi connectivity index (χ2v) is 6.30. The van der Waals surface area contributed by atoms with Gasteiger partial charge in [-0.2, -0.15) is 0 Å². The van der Waals surface area contributed by atoms with E-state index in [9.17, 15) is 9.59 Å². The summed E-state index contributed by atoms with van der Waals surface area (Å²) in [6, 6.07) is 6.99. The SMILES string of the molecule is O=C(O)c1ccc([C@@H]2CCCN(C(=O)CCc3cnccn3)C2)cc1. The quantitative estimate of drug-likeness (QED) is 0.905. The van der Waals surface area contributed by atoms with Crippen LogP contribution in [0.3, 0.4) is 0 Å². The van der Waals surface area contributed by atoms with Gasteiger partial charge in [-0.25, -0.2) is 4.79 Å². The lowest BCUT2D eigenvalue weighted by atomic mass is 9.90. The van der Waals surface area contributed by atoms with E-state index in [1.165, 1.54) is 0 Å². The van der Waals surface area contributed by atoms with Gasteiger partial charge in [-0.05, 0) is 37.0 Å². The van der Waals surface area contributed by atoms with Crippen LogP contribution in [0, 0.1) is 0 Å². The van der Waals surface area contributed by atoms with Crippen molar-refractivity contribution in [2.24, 2.45) is 0 Å². The van der Waals surface area contributed by atoms with Gasteiger partial charge in [0, 0.05) is 44.0 Å². The Morgan fingerprint density at radius 3 is 2.68 bits per heavy atom. The molecule has 1 atom stereocenters. The summed E-state index contributed by atoms with van der Waals surface area (Å²) in [5.74, 6) is -0.523. The van der Waals surface area contributed by atoms with Crippen LogP contribution in [0.25, 0.3) is 0 Å². The van der Waals surface area contributed by atoms with Crippen LogP contribution in [0.1, 0.15) is 46.8 Å². The Bertz CT molecular complexity index is 731.